The molecular weight excluding hydrogens is 168 g/mol. The molecule has 0 bridgehead atoms. The van der Waals surface area contributed by atoms with Crippen molar-refractivity contribution in [3.05, 3.63) is 0 Å². The molecule has 0 aromatic heterocycles. The molecule has 0 saturated heterocycles. The minimum absolute atomic E-state index is 1.11. The van der Waals surface area contributed by atoms with Crippen molar-refractivity contribution in [2.45, 2.75) is 52.4 Å². The Morgan fingerprint density at radius 2 is 0.929 bits per heavy atom. The van der Waals surface area contributed by atoms with Crippen molar-refractivity contribution in [2.75, 3.05) is 0 Å². The van der Waals surface area contributed by atoms with Gasteiger partial charge in [-0.25, -0.2) is 0 Å². The van der Waals surface area contributed by atoms with Gasteiger partial charge in [0, 0.05) is 0 Å². The normalized spacial score (nSPS) is 55.3. The Labute approximate surface area is 88.5 Å². The first-order valence-corrected chi connectivity index (χ1v) is 6.83. The molecule has 80 valence electrons. The first kappa shape index (κ1) is 9.24. The van der Waals surface area contributed by atoms with Crippen LogP contribution in [0.2, 0.25) is 0 Å². The van der Waals surface area contributed by atoms with E-state index >= 15 is 0 Å². The lowest BCUT2D eigenvalue weighted by atomic mass is 9.60. The number of fused-ring (bicyclic) bond motifs is 4. The van der Waals surface area contributed by atoms with Crippen LogP contribution in [-0.4, -0.2) is 0 Å². The molecule has 0 heterocycles. The van der Waals surface area contributed by atoms with E-state index in [1.165, 1.54) is 36.5 Å². The molecule has 0 heteroatoms. The maximum atomic E-state index is 2.39. The zero-order valence-electron chi connectivity index (χ0n) is 9.71. The maximum absolute atomic E-state index is 2.39. The van der Waals surface area contributed by atoms with E-state index in [-0.39, 0.29) is 0 Å². The Kier molecular flexibility index (Phi) is 2.15. The van der Waals surface area contributed by atoms with Crippen LogP contribution in [-0.2, 0) is 0 Å². The van der Waals surface area contributed by atoms with Gasteiger partial charge in [0.15, 0.2) is 0 Å². The summed E-state index contributed by atoms with van der Waals surface area (Å²) in [7, 11) is 0. The second-order valence-electron chi connectivity index (χ2n) is 6.15. The van der Waals surface area contributed by atoms with E-state index in [4.69, 9.17) is 0 Å². The van der Waals surface area contributed by atoms with Crippen LogP contribution < -0.4 is 0 Å². The molecule has 3 rings (SSSR count). The topological polar surface area (TPSA) is 0 Å². The largest absolute Gasteiger partial charge is 0.0651 e. The fourth-order valence-corrected chi connectivity index (χ4v) is 4.92. The van der Waals surface area contributed by atoms with Gasteiger partial charge in [-0.15, -0.1) is 0 Å². The van der Waals surface area contributed by atoms with Gasteiger partial charge in [-0.3, -0.25) is 0 Å². The summed E-state index contributed by atoms with van der Waals surface area (Å²) < 4.78 is 0. The quantitative estimate of drug-likeness (QED) is 0.618. The number of rotatable bonds is 2. The van der Waals surface area contributed by atoms with Crippen molar-refractivity contribution in [1.82, 2.24) is 0 Å². The first-order chi connectivity index (χ1) is 6.83. The Morgan fingerprint density at radius 1 is 0.643 bits per heavy atom. The molecule has 0 nitrogen and oxygen atoms in total. The second kappa shape index (κ2) is 3.25. The highest BCUT2D eigenvalue weighted by molar-refractivity contribution is 5.06. The van der Waals surface area contributed by atoms with Gasteiger partial charge in [0.1, 0.15) is 0 Å². The molecule has 3 aliphatic rings. The fraction of sp³-hybridized carbons (Fsp3) is 1.00. The highest BCUT2D eigenvalue weighted by atomic mass is 14.6. The van der Waals surface area contributed by atoms with Gasteiger partial charge in [0.25, 0.3) is 0 Å². The van der Waals surface area contributed by atoms with Crippen molar-refractivity contribution >= 4 is 0 Å². The minimum Gasteiger partial charge on any atom is -0.0651 e. The summed E-state index contributed by atoms with van der Waals surface area (Å²) in [6.45, 7) is 4.78. The molecule has 0 amide bonds. The number of hydrogen-bond acceptors (Lipinski definition) is 0. The smallest absolute Gasteiger partial charge is 0.0349 e. The summed E-state index contributed by atoms with van der Waals surface area (Å²) in [4.78, 5) is 0. The zero-order chi connectivity index (χ0) is 9.71. The lowest BCUT2D eigenvalue weighted by Crippen LogP contribution is -2.39. The molecule has 0 spiro atoms. The van der Waals surface area contributed by atoms with Crippen molar-refractivity contribution in [3.8, 4) is 0 Å². The van der Waals surface area contributed by atoms with Gasteiger partial charge in [-0.2, -0.15) is 0 Å². The molecule has 0 aromatic rings. The van der Waals surface area contributed by atoms with E-state index in [0.717, 1.165) is 11.8 Å². The van der Waals surface area contributed by atoms with E-state index in [1.807, 2.05) is 0 Å². The monoisotopic (exact) mass is 192 g/mol. The lowest BCUT2D eigenvalue weighted by Gasteiger charge is -2.45. The van der Waals surface area contributed by atoms with Crippen LogP contribution in [0, 0.1) is 35.5 Å². The molecule has 0 aromatic carbocycles. The molecule has 0 radical (unpaired) electrons. The third-order valence-electron chi connectivity index (χ3n) is 5.78. The maximum Gasteiger partial charge on any atom is -0.0349 e. The van der Waals surface area contributed by atoms with Crippen LogP contribution in [0.5, 0.6) is 0 Å². The minimum atomic E-state index is 1.11. The van der Waals surface area contributed by atoms with Gasteiger partial charge in [-0.05, 0) is 61.2 Å². The van der Waals surface area contributed by atoms with Crippen LogP contribution in [0.25, 0.3) is 0 Å². The van der Waals surface area contributed by atoms with Crippen molar-refractivity contribution in [2.24, 2.45) is 35.5 Å². The van der Waals surface area contributed by atoms with Crippen LogP contribution in [0.4, 0.5) is 0 Å². The van der Waals surface area contributed by atoms with Crippen molar-refractivity contribution < 1.29 is 0 Å². The summed E-state index contributed by atoms with van der Waals surface area (Å²) in [5.41, 5.74) is 0. The summed E-state index contributed by atoms with van der Waals surface area (Å²) in [6, 6.07) is 0. The lowest BCUT2D eigenvalue weighted by molar-refractivity contribution is 0.0302. The van der Waals surface area contributed by atoms with Gasteiger partial charge in [-0.1, -0.05) is 26.7 Å². The van der Waals surface area contributed by atoms with Gasteiger partial charge in [0.2, 0.25) is 0 Å². The molecule has 0 atom stereocenters. The molecule has 3 aliphatic carbocycles. The molecule has 3 fully saturated rings. The Hall–Kier alpha value is 0. The van der Waals surface area contributed by atoms with E-state index < -0.39 is 0 Å². The second-order valence-corrected chi connectivity index (χ2v) is 6.15. The van der Waals surface area contributed by atoms with E-state index in [2.05, 4.69) is 13.8 Å². The average Bonchev–Trinajstić information content (AvgIpc) is 2.73. The van der Waals surface area contributed by atoms with Crippen LogP contribution >= 0.6 is 0 Å². The Bertz CT molecular complexity index is 168. The average molecular weight is 192 g/mol. The van der Waals surface area contributed by atoms with E-state index in [9.17, 15) is 0 Å². The first-order valence-electron chi connectivity index (χ1n) is 6.83. The summed E-state index contributed by atoms with van der Waals surface area (Å²) in [6.07, 6.45) is 9.28. The predicted molar refractivity (Wildman–Crippen MR) is 60.0 cm³/mol. The van der Waals surface area contributed by atoms with Gasteiger partial charge >= 0.3 is 0 Å². The predicted octanol–water partition coefficient (Wildman–Crippen LogP) is 4.10. The van der Waals surface area contributed by atoms with Gasteiger partial charge < -0.3 is 0 Å². The van der Waals surface area contributed by atoms with E-state index in [0.29, 0.717) is 0 Å². The summed E-state index contributed by atoms with van der Waals surface area (Å²) in [5.74, 6) is 6.94. The molecular formula is C14H24. The van der Waals surface area contributed by atoms with Crippen molar-refractivity contribution in [1.29, 1.82) is 0 Å². The molecule has 14 heavy (non-hydrogen) atoms. The fourth-order valence-electron chi connectivity index (χ4n) is 4.92. The summed E-state index contributed by atoms with van der Waals surface area (Å²) in [5, 5.41) is 0. The number of hydrogen-bond donors (Lipinski definition) is 0. The SMILES string of the molecule is CCC1CC2C(C1)C1CC(CC)CC21. The van der Waals surface area contributed by atoms with Crippen LogP contribution in [0.3, 0.4) is 0 Å². The van der Waals surface area contributed by atoms with E-state index in [1.54, 1.807) is 25.7 Å². The highest BCUT2D eigenvalue weighted by Crippen LogP contribution is 2.65. The highest BCUT2D eigenvalue weighted by Gasteiger charge is 2.57. The Balaban J connectivity index is 1.66. The van der Waals surface area contributed by atoms with Crippen LogP contribution in [0.1, 0.15) is 52.4 Å². The van der Waals surface area contributed by atoms with Gasteiger partial charge in [0.05, 0.1) is 0 Å². The third kappa shape index (κ3) is 1.12. The zero-order valence-corrected chi connectivity index (χ0v) is 9.71. The molecule has 3 saturated carbocycles. The standard InChI is InChI=1S/C14H24/c1-3-9-5-11-12(6-9)14-8-10(4-2)7-13(11)14/h9-14H,3-8H2,1-2H3. The third-order valence-corrected chi connectivity index (χ3v) is 5.78. The Morgan fingerprint density at radius 3 is 1.14 bits per heavy atom. The molecule has 0 aliphatic heterocycles. The molecule has 0 N–H and O–H groups in total. The van der Waals surface area contributed by atoms with Crippen LogP contribution in [0.15, 0.2) is 0 Å². The van der Waals surface area contributed by atoms with Crippen molar-refractivity contribution in [3.63, 3.8) is 0 Å². The summed E-state index contributed by atoms with van der Waals surface area (Å²) >= 11 is 0. The molecule has 0 unspecified atom stereocenters.